The average Bonchev–Trinajstić information content (AvgIpc) is 2.75. The molecule has 2 nitrogen and oxygen atoms in total. The van der Waals surface area contributed by atoms with Gasteiger partial charge >= 0.3 is 0 Å². The lowest BCUT2D eigenvalue weighted by molar-refractivity contribution is 0.503. The molecule has 5 heteroatoms. The van der Waals surface area contributed by atoms with Crippen molar-refractivity contribution in [2.45, 2.75) is 12.8 Å². The number of hydrogen-bond donors (Lipinski definition) is 0. The molecule has 2 aromatic rings. The molecular weight excluding hydrogens is 280 g/mol. The van der Waals surface area contributed by atoms with Gasteiger partial charge in [0.25, 0.3) is 0 Å². The molecule has 0 N–H and O–H groups in total. The molecule has 2 rings (SSSR count). The number of oxazole rings is 1. The van der Waals surface area contributed by atoms with Gasteiger partial charge in [-0.15, -0.1) is 11.6 Å². The van der Waals surface area contributed by atoms with Crippen molar-refractivity contribution >= 4 is 34.8 Å². The van der Waals surface area contributed by atoms with Crippen molar-refractivity contribution in [3.8, 4) is 11.3 Å². The van der Waals surface area contributed by atoms with Crippen molar-refractivity contribution in [3.63, 3.8) is 0 Å². The van der Waals surface area contributed by atoms with Crippen molar-refractivity contribution in [3.05, 3.63) is 40.3 Å². The van der Waals surface area contributed by atoms with Crippen molar-refractivity contribution in [1.82, 2.24) is 4.98 Å². The van der Waals surface area contributed by atoms with Gasteiger partial charge < -0.3 is 4.42 Å². The first kappa shape index (κ1) is 12.7. The smallest absolute Gasteiger partial charge is 0.194 e. The summed E-state index contributed by atoms with van der Waals surface area (Å²) >= 11 is 17.8. The number of aromatic nitrogens is 1. The van der Waals surface area contributed by atoms with Gasteiger partial charge in [-0.3, -0.25) is 0 Å². The maximum atomic E-state index is 6.08. The molecule has 0 aliphatic rings. The van der Waals surface area contributed by atoms with Gasteiger partial charge in [-0.1, -0.05) is 29.3 Å². The van der Waals surface area contributed by atoms with Crippen molar-refractivity contribution < 1.29 is 4.42 Å². The fourth-order valence-electron chi connectivity index (χ4n) is 1.49. The van der Waals surface area contributed by atoms with Crippen LogP contribution >= 0.6 is 34.8 Å². The SMILES string of the molecule is ClCCCc1ncc(-c2c(Cl)cccc2Cl)o1. The molecule has 0 fully saturated rings. The lowest BCUT2D eigenvalue weighted by atomic mass is 10.2. The first-order chi connectivity index (χ1) is 8.22. The van der Waals surface area contributed by atoms with E-state index in [4.69, 9.17) is 39.2 Å². The van der Waals surface area contributed by atoms with E-state index in [0.717, 1.165) is 6.42 Å². The van der Waals surface area contributed by atoms with Gasteiger partial charge in [0.2, 0.25) is 0 Å². The number of nitrogens with zero attached hydrogens (tertiary/aromatic N) is 1. The van der Waals surface area contributed by atoms with E-state index in [9.17, 15) is 0 Å². The molecule has 0 unspecified atom stereocenters. The molecule has 0 atom stereocenters. The number of benzene rings is 1. The summed E-state index contributed by atoms with van der Waals surface area (Å²) < 4.78 is 5.59. The van der Waals surface area contributed by atoms with Crippen LogP contribution in [-0.4, -0.2) is 10.9 Å². The summed E-state index contributed by atoms with van der Waals surface area (Å²) in [6, 6.07) is 5.33. The zero-order valence-corrected chi connectivity index (χ0v) is 11.2. The Morgan fingerprint density at radius 2 is 1.88 bits per heavy atom. The fourth-order valence-corrected chi connectivity index (χ4v) is 2.21. The molecule has 1 aromatic carbocycles. The molecule has 0 saturated heterocycles. The minimum Gasteiger partial charge on any atom is -0.441 e. The van der Waals surface area contributed by atoms with E-state index in [1.54, 1.807) is 24.4 Å². The largest absolute Gasteiger partial charge is 0.441 e. The minimum absolute atomic E-state index is 0.553. The van der Waals surface area contributed by atoms with Crippen LogP contribution in [0.15, 0.2) is 28.8 Å². The van der Waals surface area contributed by atoms with Crippen molar-refractivity contribution in [2.24, 2.45) is 0 Å². The van der Waals surface area contributed by atoms with Crippen LogP contribution in [0.4, 0.5) is 0 Å². The average molecular weight is 291 g/mol. The van der Waals surface area contributed by atoms with Gasteiger partial charge in [0.05, 0.1) is 21.8 Å². The van der Waals surface area contributed by atoms with E-state index in [-0.39, 0.29) is 0 Å². The van der Waals surface area contributed by atoms with Crippen LogP contribution in [0.1, 0.15) is 12.3 Å². The summed E-state index contributed by atoms with van der Waals surface area (Å²) in [5, 5.41) is 1.11. The third-order valence-corrected chi connectivity index (χ3v) is 3.18. The number of hydrogen-bond acceptors (Lipinski definition) is 2. The monoisotopic (exact) mass is 289 g/mol. The highest BCUT2D eigenvalue weighted by Crippen LogP contribution is 2.34. The lowest BCUT2D eigenvalue weighted by Gasteiger charge is -2.02. The molecule has 90 valence electrons. The van der Waals surface area contributed by atoms with Gasteiger partial charge in [0, 0.05) is 12.3 Å². The van der Waals surface area contributed by atoms with E-state index >= 15 is 0 Å². The Bertz CT molecular complexity index is 490. The molecule has 0 bridgehead atoms. The summed E-state index contributed by atoms with van der Waals surface area (Å²) in [6.45, 7) is 0. The Labute approximate surface area is 115 Å². The van der Waals surface area contributed by atoms with Crippen LogP contribution in [0.2, 0.25) is 10.0 Å². The van der Waals surface area contributed by atoms with Crippen LogP contribution in [0.3, 0.4) is 0 Å². The molecule has 1 heterocycles. The van der Waals surface area contributed by atoms with E-state index in [2.05, 4.69) is 4.98 Å². The second kappa shape index (κ2) is 5.76. The van der Waals surface area contributed by atoms with Crippen LogP contribution in [0.5, 0.6) is 0 Å². The Kier molecular flexibility index (Phi) is 4.32. The number of aryl methyl sites for hydroxylation is 1. The van der Waals surface area contributed by atoms with Crippen LogP contribution < -0.4 is 0 Å². The summed E-state index contributed by atoms with van der Waals surface area (Å²) in [5.41, 5.74) is 0.681. The Hall–Kier alpha value is -0.700. The second-order valence-electron chi connectivity index (χ2n) is 3.51. The highest BCUT2D eigenvalue weighted by atomic mass is 35.5. The standard InChI is InChI=1S/C12H10Cl3NO/c13-6-2-5-11-16-7-10(17-11)12-8(14)3-1-4-9(12)15/h1,3-4,7H,2,5-6H2. The quantitative estimate of drug-likeness (QED) is 0.755. The molecule has 0 amide bonds. The Balaban J connectivity index is 2.30. The molecule has 0 aliphatic heterocycles. The van der Waals surface area contributed by atoms with E-state index in [1.807, 2.05) is 0 Å². The van der Waals surface area contributed by atoms with Gasteiger partial charge in [0.1, 0.15) is 0 Å². The molecule has 0 saturated carbocycles. The third kappa shape index (κ3) is 2.95. The summed E-state index contributed by atoms with van der Waals surface area (Å²) in [4.78, 5) is 4.17. The fraction of sp³-hybridized carbons (Fsp3) is 0.250. The van der Waals surface area contributed by atoms with E-state index < -0.39 is 0 Å². The van der Waals surface area contributed by atoms with Crippen LogP contribution in [0.25, 0.3) is 11.3 Å². The maximum Gasteiger partial charge on any atom is 0.194 e. The molecular formula is C12H10Cl3NO. The summed E-state index contributed by atoms with van der Waals surface area (Å²) in [6.07, 6.45) is 3.18. The predicted molar refractivity (Wildman–Crippen MR) is 71.0 cm³/mol. The number of rotatable bonds is 4. The van der Waals surface area contributed by atoms with E-state index in [1.165, 1.54) is 0 Å². The maximum absolute atomic E-state index is 6.08. The zero-order chi connectivity index (χ0) is 12.3. The molecule has 17 heavy (non-hydrogen) atoms. The van der Waals surface area contributed by atoms with Crippen LogP contribution in [-0.2, 0) is 6.42 Å². The van der Waals surface area contributed by atoms with Gasteiger partial charge in [0.15, 0.2) is 11.7 Å². The Morgan fingerprint density at radius 3 is 2.53 bits per heavy atom. The summed E-state index contributed by atoms with van der Waals surface area (Å²) in [7, 11) is 0. The van der Waals surface area contributed by atoms with Gasteiger partial charge in [-0.05, 0) is 18.6 Å². The van der Waals surface area contributed by atoms with Crippen molar-refractivity contribution in [2.75, 3.05) is 5.88 Å². The zero-order valence-electron chi connectivity index (χ0n) is 8.92. The van der Waals surface area contributed by atoms with Crippen LogP contribution in [0, 0.1) is 0 Å². The highest BCUT2D eigenvalue weighted by Gasteiger charge is 2.13. The summed E-state index contributed by atoms with van der Waals surface area (Å²) in [5.74, 6) is 1.83. The van der Waals surface area contributed by atoms with Gasteiger partial charge in [-0.25, -0.2) is 4.98 Å². The topological polar surface area (TPSA) is 26.0 Å². The first-order valence-corrected chi connectivity index (χ1v) is 6.46. The molecule has 0 radical (unpaired) electrons. The first-order valence-electron chi connectivity index (χ1n) is 5.17. The minimum atomic E-state index is 0.553. The highest BCUT2D eigenvalue weighted by molar-refractivity contribution is 6.39. The molecule has 0 aliphatic carbocycles. The van der Waals surface area contributed by atoms with Gasteiger partial charge in [-0.2, -0.15) is 0 Å². The van der Waals surface area contributed by atoms with E-state index in [0.29, 0.717) is 39.6 Å². The lowest BCUT2D eigenvalue weighted by Crippen LogP contribution is -1.84. The predicted octanol–water partition coefficient (Wildman–Crippen LogP) is 4.82. The Morgan fingerprint density at radius 1 is 1.18 bits per heavy atom. The molecule has 0 spiro atoms. The van der Waals surface area contributed by atoms with Crippen molar-refractivity contribution in [1.29, 1.82) is 0 Å². The number of halogens is 3. The molecule has 1 aromatic heterocycles. The normalized spacial score (nSPS) is 10.8. The second-order valence-corrected chi connectivity index (χ2v) is 4.70. The third-order valence-electron chi connectivity index (χ3n) is 2.29. The number of alkyl halides is 1.